The average molecular weight is 400 g/mol. The molecule has 2 aliphatic heterocycles. The number of hydrogen-bond acceptors (Lipinski definition) is 5. The lowest BCUT2D eigenvalue weighted by Crippen LogP contribution is -2.50. The summed E-state index contributed by atoms with van der Waals surface area (Å²) in [6.45, 7) is 5.08. The lowest BCUT2D eigenvalue weighted by Gasteiger charge is -2.35. The maximum atomic E-state index is 13.0. The summed E-state index contributed by atoms with van der Waals surface area (Å²) >= 11 is 0. The Morgan fingerprint density at radius 3 is 2.83 bits per heavy atom. The molecular formula is C23H33N3O3. The number of hydrazine groups is 1. The molecule has 0 saturated heterocycles. The molecule has 158 valence electrons. The van der Waals surface area contributed by atoms with Gasteiger partial charge in [-0.3, -0.25) is 4.79 Å². The molecule has 0 radical (unpaired) electrons. The Hall–Kier alpha value is -2.08. The Balaban J connectivity index is 1.53. The molecule has 1 N–H and O–H groups in total. The van der Waals surface area contributed by atoms with Crippen molar-refractivity contribution in [3.05, 3.63) is 35.8 Å². The minimum Gasteiger partial charge on any atom is -0.462 e. The van der Waals surface area contributed by atoms with Gasteiger partial charge in [0.25, 0.3) is 5.91 Å². The maximum absolute atomic E-state index is 13.0. The van der Waals surface area contributed by atoms with Gasteiger partial charge in [0.15, 0.2) is 0 Å². The van der Waals surface area contributed by atoms with Gasteiger partial charge in [-0.2, -0.15) is 0 Å². The van der Waals surface area contributed by atoms with Crippen LogP contribution in [0.2, 0.25) is 0 Å². The van der Waals surface area contributed by atoms with E-state index in [2.05, 4.69) is 35.5 Å². The molecule has 2 unspecified atom stereocenters. The van der Waals surface area contributed by atoms with E-state index in [0.717, 1.165) is 25.2 Å². The van der Waals surface area contributed by atoms with Crippen molar-refractivity contribution in [2.24, 2.45) is 17.8 Å². The minimum absolute atomic E-state index is 0.112. The molecule has 2 heterocycles. The van der Waals surface area contributed by atoms with E-state index < -0.39 is 5.97 Å². The number of ether oxygens (including phenoxy) is 1. The van der Waals surface area contributed by atoms with Crippen LogP contribution in [0.5, 0.6) is 0 Å². The first-order valence-electron chi connectivity index (χ1n) is 11.2. The topological polar surface area (TPSA) is 61.9 Å². The van der Waals surface area contributed by atoms with Crippen LogP contribution >= 0.6 is 0 Å². The van der Waals surface area contributed by atoms with Gasteiger partial charge in [0.05, 0.1) is 12.6 Å². The van der Waals surface area contributed by atoms with Gasteiger partial charge in [-0.15, -0.1) is 0 Å². The first kappa shape index (κ1) is 20.2. The summed E-state index contributed by atoms with van der Waals surface area (Å²) in [5, 5.41) is 1.58. The van der Waals surface area contributed by atoms with Crippen molar-refractivity contribution >= 4 is 11.9 Å². The Morgan fingerprint density at radius 1 is 1.31 bits per heavy atom. The predicted octanol–water partition coefficient (Wildman–Crippen LogP) is 3.49. The Labute approximate surface area is 173 Å². The molecule has 6 heteroatoms. The highest BCUT2D eigenvalue weighted by atomic mass is 16.5. The summed E-state index contributed by atoms with van der Waals surface area (Å²) in [6, 6.07) is 0.159. The van der Waals surface area contributed by atoms with Crippen LogP contribution in [0, 0.1) is 17.8 Å². The van der Waals surface area contributed by atoms with E-state index >= 15 is 0 Å². The second kappa shape index (κ2) is 8.74. The number of hydrogen-bond donors (Lipinski definition) is 1. The van der Waals surface area contributed by atoms with Crippen LogP contribution in [0.1, 0.15) is 58.8 Å². The fraction of sp³-hybridized carbons (Fsp3) is 0.652. The van der Waals surface area contributed by atoms with Gasteiger partial charge in [0, 0.05) is 12.7 Å². The third kappa shape index (κ3) is 4.27. The predicted molar refractivity (Wildman–Crippen MR) is 111 cm³/mol. The van der Waals surface area contributed by atoms with Crippen LogP contribution in [0.4, 0.5) is 0 Å². The van der Waals surface area contributed by atoms with E-state index in [9.17, 15) is 9.59 Å². The number of nitrogens with one attached hydrogen (secondary N) is 1. The van der Waals surface area contributed by atoms with Crippen molar-refractivity contribution in [2.45, 2.75) is 64.8 Å². The summed E-state index contributed by atoms with van der Waals surface area (Å²) < 4.78 is 5.15. The molecule has 0 spiro atoms. The van der Waals surface area contributed by atoms with E-state index in [4.69, 9.17) is 4.74 Å². The van der Waals surface area contributed by atoms with Gasteiger partial charge >= 0.3 is 5.97 Å². The van der Waals surface area contributed by atoms with Crippen molar-refractivity contribution in [1.29, 1.82) is 0 Å². The lowest BCUT2D eigenvalue weighted by molar-refractivity contribution is -0.143. The smallest absolute Gasteiger partial charge is 0.345 e. The molecule has 1 fully saturated rings. The molecule has 0 aromatic rings. The van der Waals surface area contributed by atoms with Crippen LogP contribution in [-0.2, 0) is 14.3 Å². The number of amides is 1. The molecule has 4 aliphatic rings. The monoisotopic (exact) mass is 399 g/mol. The number of rotatable bonds is 6. The van der Waals surface area contributed by atoms with Crippen molar-refractivity contribution in [1.82, 2.24) is 15.3 Å². The van der Waals surface area contributed by atoms with Crippen LogP contribution in [0.15, 0.2) is 35.8 Å². The molecule has 2 aliphatic carbocycles. The molecule has 3 atom stereocenters. The summed E-state index contributed by atoms with van der Waals surface area (Å²) in [6.07, 6.45) is 16.7. The first-order chi connectivity index (χ1) is 14.1. The summed E-state index contributed by atoms with van der Waals surface area (Å²) in [4.78, 5) is 27.5. The SMILES string of the molecule is CCOC(=O)C1=CN(CCC2CC=C[C@@H](C)C2)C2=CC(C3CCCC3)NN2C1=O. The van der Waals surface area contributed by atoms with Gasteiger partial charge < -0.3 is 9.64 Å². The second-order valence-corrected chi connectivity index (χ2v) is 8.85. The molecule has 4 rings (SSSR count). The molecule has 0 aromatic carbocycles. The number of allylic oxidation sites excluding steroid dienone is 2. The number of carbonyl (C=O) groups excluding carboxylic acids is 2. The second-order valence-electron chi connectivity index (χ2n) is 8.85. The summed E-state index contributed by atoms with van der Waals surface area (Å²) in [5.41, 5.74) is 3.49. The van der Waals surface area contributed by atoms with E-state index in [1.165, 1.54) is 32.1 Å². The quantitative estimate of drug-likeness (QED) is 0.421. The van der Waals surface area contributed by atoms with Crippen LogP contribution in [-0.4, -0.2) is 41.0 Å². The number of fused-ring (bicyclic) bond motifs is 1. The first-order valence-corrected chi connectivity index (χ1v) is 11.2. The Kier molecular flexibility index (Phi) is 6.09. The maximum Gasteiger partial charge on any atom is 0.345 e. The van der Waals surface area contributed by atoms with Crippen LogP contribution in [0.3, 0.4) is 0 Å². The Morgan fingerprint density at radius 2 is 2.10 bits per heavy atom. The summed E-state index contributed by atoms with van der Waals surface area (Å²) in [5.74, 6) is 1.85. The third-order valence-corrected chi connectivity index (χ3v) is 6.67. The van der Waals surface area contributed by atoms with E-state index in [1.807, 2.05) is 0 Å². The lowest BCUT2D eigenvalue weighted by atomic mass is 9.85. The Bertz CT molecular complexity index is 736. The largest absolute Gasteiger partial charge is 0.462 e. The molecule has 6 nitrogen and oxygen atoms in total. The molecule has 1 amide bonds. The molecule has 1 saturated carbocycles. The van der Waals surface area contributed by atoms with Gasteiger partial charge in [-0.25, -0.2) is 15.2 Å². The normalized spacial score (nSPS) is 29.7. The average Bonchev–Trinajstić information content (AvgIpc) is 3.38. The highest BCUT2D eigenvalue weighted by molar-refractivity contribution is 6.17. The van der Waals surface area contributed by atoms with Crippen LogP contribution < -0.4 is 5.43 Å². The third-order valence-electron chi connectivity index (χ3n) is 6.67. The van der Waals surface area contributed by atoms with Crippen LogP contribution in [0.25, 0.3) is 0 Å². The number of nitrogens with zero attached hydrogens (tertiary/aromatic N) is 2. The summed E-state index contributed by atoms with van der Waals surface area (Å²) in [7, 11) is 0. The fourth-order valence-electron chi connectivity index (χ4n) is 5.12. The molecular weight excluding hydrogens is 366 g/mol. The van der Waals surface area contributed by atoms with Gasteiger partial charge in [-0.05, 0) is 62.9 Å². The van der Waals surface area contributed by atoms with Gasteiger partial charge in [-0.1, -0.05) is 31.9 Å². The zero-order chi connectivity index (χ0) is 20.4. The zero-order valence-corrected chi connectivity index (χ0v) is 17.6. The number of esters is 1. The standard InChI is InChI=1S/C23H33N3O3/c1-3-29-23(28)19-15-25(12-11-17-8-6-7-16(2)13-17)21-14-20(18-9-4-5-10-18)24-26(21)22(19)27/h6-7,14-18,20,24H,3-5,8-13H2,1-2H3/t16-,17?,20?/m1/s1. The molecule has 0 bridgehead atoms. The van der Waals surface area contributed by atoms with E-state index in [-0.39, 0.29) is 24.1 Å². The number of carbonyl (C=O) groups is 2. The molecule has 0 aromatic heterocycles. The zero-order valence-electron chi connectivity index (χ0n) is 17.6. The van der Waals surface area contributed by atoms with Crippen molar-refractivity contribution in [3.8, 4) is 0 Å². The molecule has 29 heavy (non-hydrogen) atoms. The minimum atomic E-state index is -0.540. The highest BCUT2D eigenvalue weighted by Crippen LogP contribution is 2.35. The van der Waals surface area contributed by atoms with Crippen molar-refractivity contribution in [3.63, 3.8) is 0 Å². The van der Waals surface area contributed by atoms with E-state index in [1.54, 1.807) is 18.1 Å². The van der Waals surface area contributed by atoms with Gasteiger partial charge in [0.2, 0.25) is 0 Å². The fourth-order valence-corrected chi connectivity index (χ4v) is 5.12. The van der Waals surface area contributed by atoms with E-state index in [0.29, 0.717) is 17.8 Å². The van der Waals surface area contributed by atoms with Crippen molar-refractivity contribution in [2.75, 3.05) is 13.2 Å². The van der Waals surface area contributed by atoms with Crippen molar-refractivity contribution < 1.29 is 14.3 Å². The van der Waals surface area contributed by atoms with Gasteiger partial charge in [0.1, 0.15) is 11.4 Å². The highest BCUT2D eigenvalue weighted by Gasteiger charge is 2.41.